The molecule has 0 atom stereocenters. The van der Waals surface area contributed by atoms with E-state index in [0.717, 1.165) is 5.56 Å². The molecule has 0 aliphatic carbocycles. The fourth-order valence-corrected chi connectivity index (χ4v) is 0.518. The third-order valence-corrected chi connectivity index (χ3v) is 0.938. The Balaban J connectivity index is 0.000000261. The van der Waals surface area contributed by atoms with Crippen molar-refractivity contribution < 1.29 is 13.9 Å². The van der Waals surface area contributed by atoms with E-state index in [9.17, 15) is 4.39 Å². The second-order valence-corrected chi connectivity index (χ2v) is 2.01. The van der Waals surface area contributed by atoms with Crippen molar-refractivity contribution in [2.24, 2.45) is 0 Å². The van der Waals surface area contributed by atoms with E-state index in [1.807, 2.05) is 0 Å². The van der Waals surface area contributed by atoms with Crippen LogP contribution in [0.2, 0.25) is 0 Å². The van der Waals surface area contributed by atoms with Crippen molar-refractivity contribution >= 4 is 6.47 Å². The number of hydrogen-bond acceptors (Lipinski definition) is 3. The van der Waals surface area contributed by atoms with Gasteiger partial charge >= 0.3 is 0 Å². The van der Waals surface area contributed by atoms with Crippen LogP contribution in [-0.2, 0) is 9.53 Å². The first-order valence-corrected chi connectivity index (χ1v) is 3.24. The molecule has 1 aromatic heterocycles. The Bertz CT molecular complexity index is 223. The minimum atomic E-state index is -0.273. The molecule has 0 radical (unpaired) electrons. The molecule has 1 aromatic rings. The van der Waals surface area contributed by atoms with Crippen LogP contribution in [0.3, 0.4) is 0 Å². The second-order valence-electron chi connectivity index (χ2n) is 2.01. The number of aromatic nitrogens is 1. The van der Waals surface area contributed by atoms with E-state index in [1.54, 1.807) is 13.1 Å². The molecule has 0 N–H and O–H groups in total. The van der Waals surface area contributed by atoms with Crippen LogP contribution < -0.4 is 0 Å². The van der Waals surface area contributed by atoms with Crippen molar-refractivity contribution in [1.29, 1.82) is 0 Å². The van der Waals surface area contributed by atoms with Crippen molar-refractivity contribution in [3.05, 3.63) is 29.8 Å². The van der Waals surface area contributed by atoms with Crippen LogP contribution in [0.25, 0.3) is 0 Å². The maximum atomic E-state index is 12.1. The summed E-state index contributed by atoms with van der Waals surface area (Å²) in [6.45, 7) is 2.18. The van der Waals surface area contributed by atoms with E-state index < -0.39 is 0 Å². The van der Waals surface area contributed by atoms with E-state index in [2.05, 4.69) is 9.72 Å². The van der Waals surface area contributed by atoms with Crippen molar-refractivity contribution in [3.63, 3.8) is 0 Å². The number of pyridine rings is 1. The summed E-state index contributed by atoms with van der Waals surface area (Å²) in [5, 5.41) is 0. The van der Waals surface area contributed by atoms with Gasteiger partial charge in [-0.15, -0.1) is 0 Å². The van der Waals surface area contributed by atoms with Crippen molar-refractivity contribution in [2.45, 2.75) is 6.92 Å². The number of methoxy groups -OCH3 is 1. The largest absolute Gasteiger partial charge is 0.471 e. The number of halogens is 1. The normalized spacial score (nSPS) is 7.92. The van der Waals surface area contributed by atoms with Gasteiger partial charge in [0, 0.05) is 6.20 Å². The zero-order chi connectivity index (χ0) is 9.40. The predicted octanol–water partition coefficient (Wildman–Crippen LogP) is 1.32. The summed E-state index contributed by atoms with van der Waals surface area (Å²) in [5.41, 5.74) is 0.852. The number of hydrogen-bond donors (Lipinski definition) is 0. The molecule has 0 aliphatic rings. The number of rotatable bonds is 1. The van der Waals surface area contributed by atoms with Crippen LogP contribution in [0.4, 0.5) is 4.39 Å². The lowest BCUT2D eigenvalue weighted by Gasteiger charge is -1.86. The molecule has 0 fully saturated rings. The lowest BCUT2D eigenvalue weighted by atomic mass is 10.3. The number of carbonyl (C=O) groups excluding carboxylic acids is 1. The molecule has 1 rings (SSSR count). The molecule has 66 valence electrons. The van der Waals surface area contributed by atoms with Gasteiger partial charge in [-0.2, -0.15) is 0 Å². The van der Waals surface area contributed by atoms with E-state index in [4.69, 9.17) is 4.79 Å². The first-order chi connectivity index (χ1) is 5.70. The highest BCUT2D eigenvalue weighted by Crippen LogP contribution is 1.96. The molecule has 0 unspecified atom stereocenters. The van der Waals surface area contributed by atoms with Crippen molar-refractivity contribution in [2.75, 3.05) is 7.11 Å². The summed E-state index contributed by atoms with van der Waals surface area (Å²) in [6.07, 6.45) is 2.80. The molecule has 0 spiro atoms. The van der Waals surface area contributed by atoms with Gasteiger partial charge in [0.1, 0.15) is 5.82 Å². The minimum Gasteiger partial charge on any atom is -0.471 e. The predicted molar refractivity (Wildman–Crippen MR) is 42.0 cm³/mol. The highest BCUT2D eigenvalue weighted by molar-refractivity contribution is 5.36. The van der Waals surface area contributed by atoms with Gasteiger partial charge in [0.25, 0.3) is 6.47 Å². The van der Waals surface area contributed by atoms with E-state index in [-0.39, 0.29) is 5.82 Å². The fourth-order valence-electron chi connectivity index (χ4n) is 0.518. The minimum absolute atomic E-state index is 0.273. The number of carbonyl (C=O) groups is 1. The van der Waals surface area contributed by atoms with Crippen LogP contribution >= 0.6 is 0 Å². The van der Waals surface area contributed by atoms with Crippen LogP contribution in [-0.4, -0.2) is 18.6 Å². The topological polar surface area (TPSA) is 39.2 Å². The Hall–Kier alpha value is -1.45. The SMILES string of the molecule is COC=O.Cc1cncc(F)c1. The summed E-state index contributed by atoms with van der Waals surface area (Å²) in [6, 6.07) is 1.44. The zero-order valence-electron chi connectivity index (χ0n) is 6.95. The van der Waals surface area contributed by atoms with Gasteiger partial charge in [0.05, 0.1) is 13.3 Å². The molecule has 0 saturated carbocycles. The zero-order valence-corrected chi connectivity index (χ0v) is 6.95. The number of aryl methyl sites for hydroxylation is 1. The first-order valence-electron chi connectivity index (χ1n) is 3.24. The standard InChI is InChI=1S/C6H6FN.C2H4O2/c1-5-2-6(7)4-8-3-5;1-4-2-3/h2-4H,1H3;2H,1H3. The Morgan fingerprint density at radius 1 is 1.58 bits per heavy atom. The maximum Gasteiger partial charge on any atom is 0.292 e. The maximum absolute atomic E-state index is 12.1. The van der Waals surface area contributed by atoms with Crippen LogP contribution in [0, 0.1) is 12.7 Å². The molecule has 0 aliphatic heterocycles. The van der Waals surface area contributed by atoms with Crippen molar-refractivity contribution in [1.82, 2.24) is 4.98 Å². The Kier molecular flexibility index (Phi) is 5.51. The number of nitrogens with zero attached hydrogens (tertiary/aromatic N) is 1. The van der Waals surface area contributed by atoms with Gasteiger partial charge in [-0.3, -0.25) is 9.78 Å². The third-order valence-electron chi connectivity index (χ3n) is 0.938. The average Bonchev–Trinajstić information content (AvgIpc) is 2.04. The Morgan fingerprint density at radius 2 is 2.17 bits per heavy atom. The molecule has 3 nitrogen and oxygen atoms in total. The van der Waals surface area contributed by atoms with Gasteiger partial charge < -0.3 is 4.74 Å². The van der Waals surface area contributed by atoms with Gasteiger partial charge in [-0.25, -0.2) is 4.39 Å². The van der Waals surface area contributed by atoms with Crippen LogP contribution in [0.5, 0.6) is 0 Å². The highest BCUT2D eigenvalue weighted by atomic mass is 19.1. The van der Waals surface area contributed by atoms with E-state index in [1.165, 1.54) is 19.4 Å². The quantitative estimate of drug-likeness (QED) is 0.598. The summed E-state index contributed by atoms with van der Waals surface area (Å²) in [5.74, 6) is -0.273. The Morgan fingerprint density at radius 3 is 2.42 bits per heavy atom. The van der Waals surface area contributed by atoms with Crippen LogP contribution in [0.1, 0.15) is 5.56 Å². The van der Waals surface area contributed by atoms with Gasteiger partial charge in [0.2, 0.25) is 0 Å². The monoisotopic (exact) mass is 171 g/mol. The highest BCUT2D eigenvalue weighted by Gasteiger charge is 1.85. The summed E-state index contributed by atoms with van der Waals surface area (Å²) in [7, 11) is 1.31. The third kappa shape index (κ3) is 5.34. The molecule has 0 saturated heterocycles. The van der Waals surface area contributed by atoms with E-state index >= 15 is 0 Å². The first kappa shape index (κ1) is 10.6. The molecule has 0 bridgehead atoms. The molecule has 1 heterocycles. The second kappa shape index (κ2) is 6.27. The summed E-state index contributed by atoms with van der Waals surface area (Å²) < 4.78 is 16.0. The molecule has 0 amide bonds. The lowest BCUT2D eigenvalue weighted by Crippen LogP contribution is -1.77. The van der Waals surface area contributed by atoms with E-state index in [0.29, 0.717) is 6.47 Å². The summed E-state index contributed by atoms with van der Waals surface area (Å²) >= 11 is 0. The summed E-state index contributed by atoms with van der Waals surface area (Å²) in [4.78, 5) is 12.6. The molecule has 12 heavy (non-hydrogen) atoms. The molecule has 4 heteroatoms. The van der Waals surface area contributed by atoms with Crippen LogP contribution in [0.15, 0.2) is 18.5 Å². The molecular formula is C8H10FNO2. The van der Waals surface area contributed by atoms with Gasteiger partial charge in [-0.1, -0.05) is 0 Å². The van der Waals surface area contributed by atoms with Gasteiger partial charge in [-0.05, 0) is 18.6 Å². The average molecular weight is 171 g/mol. The molecule has 0 aromatic carbocycles. The lowest BCUT2D eigenvalue weighted by molar-refractivity contribution is -0.126. The number of ether oxygens (including phenoxy) is 1. The smallest absolute Gasteiger partial charge is 0.292 e. The van der Waals surface area contributed by atoms with Crippen molar-refractivity contribution in [3.8, 4) is 0 Å². The molecular weight excluding hydrogens is 161 g/mol. The Labute approximate surface area is 70.2 Å². The van der Waals surface area contributed by atoms with Gasteiger partial charge in [0.15, 0.2) is 0 Å². The fraction of sp³-hybridized carbons (Fsp3) is 0.250.